The van der Waals surface area contributed by atoms with Gasteiger partial charge in [-0.2, -0.15) is 0 Å². The van der Waals surface area contributed by atoms with Crippen LogP contribution in [0.2, 0.25) is 0 Å². The van der Waals surface area contributed by atoms with Gasteiger partial charge in [0, 0.05) is 11.1 Å². The fourth-order valence-corrected chi connectivity index (χ4v) is 4.25. The highest BCUT2D eigenvalue weighted by Crippen LogP contribution is 2.52. The van der Waals surface area contributed by atoms with Crippen molar-refractivity contribution in [3.8, 4) is 28.7 Å². The first kappa shape index (κ1) is 20.9. The lowest BCUT2D eigenvalue weighted by atomic mass is 9.71. The van der Waals surface area contributed by atoms with Crippen molar-refractivity contribution in [1.29, 1.82) is 0 Å². The Morgan fingerprint density at radius 1 is 0.903 bits per heavy atom. The first-order chi connectivity index (χ1) is 14.9. The monoisotopic (exact) mass is 422 g/mol. The molecule has 1 heterocycles. The number of hydrogen-bond donors (Lipinski definition) is 2. The zero-order chi connectivity index (χ0) is 22.2. The second-order valence-electron chi connectivity index (χ2n) is 7.56. The van der Waals surface area contributed by atoms with Crippen LogP contribution in [0.1, 0.15) is 28.2 Å². The molecule has 0 bridgehead atoms. The number of aromatic hydroxyl groups is 1. The van der Waals surface area contributed by atoms with Crippen molar-refractivity contribution >= 4 is 0 Å². The number of phenolic OH excluding ortho intramolecular Hbond substituents is 1. The van der Waals surface area contributed by atoms with Crippen LogP contribution in [0.5, 0.6) is 28.7 Å². The molecule has 0 amide bonds. The van der Waals surface area contributed by atoms with Gasteiger partial charge in [0.2, 0.25) is 0 Å². The van der Waals surface area contributed by atoms with E-state index in [4.69, 9.17) is 18.9 Å². The predicted octanol–water partition coefficient (Wildman–Crippen LogP) is 4.14. The average molecular weight is 422 g/mol. The van der Waals surface area contributed by atoms with Crippen molar-refractivity contribution < 1.29 is 29.2 Å². The van der Waals surface area contributed by atoms with Crippen molar-refractivity contribution in [2.24, 2.45) is 0 Å². The highest BCUT2D eigenvalue weighted by Gasteiger charge is 2.47. The second-order valence-corrected chi connectivity index (χ2v) is 7.56. The lowest BCUT2D eigenvalue weighted by Crippen LogP contribution is -2.42. The third-order valence-corrected chi connectivity index (χ3v) is 6.03. The first-order valence-electron chi connectivity index (χ1n) is 9.98. The normalized spacial score (nSPS) is 19.8. The molecule has 0 radical (unpaired) electrons. The van der Waals surface area contributed by atoms with Gasteiger partial charge in [0.25, 0.3) is 0 Å². The molecule has 0 aliphatic carbocycles. The number of ether oxygens (including phenoxy) is 4. The topological polar surface area (TPSA) is 77.4 Å². The largest absolute Gasteiger partial charge is 0.508 e. The molecule has 0 fully saturated rings. The van der Waals surface area contributed by atoms with Gasteiger partial charge < -0.3 is 29.2 Å². The average Bonchev–Trinajstić information content (AvgIpc) is 2.81. The fourth-order valence-electron chi connectivity index (χ4n) is 4.25. The van der Waals surface area contributed by atoms with Crippen LogP contribution in [0.25, 0.3) is 0 Å². The molecule has 0 saturated carbocycles. The maximum atomic E-state index is 12.3. The van der Waals surface area contributed by atoms with Crippen LogP contribution >= 0.6 is 0 Å². The van der Waals surface area contributed by atoms with E-state index in [2.05, 4.69) is 0 Å². The zero-order valence-corrected chi connectivity index (χ0v) is 18.0. The molecule has 3 aromatic carbocycles. The van der Waals surface area contributed by atoms with Gasteiger partial charge in [0.1, 0.15) is 22.8 Å². The Morgan fingerprint density at radius 3 is 2.26 bits per heavy atom. The Balaban J connectivity index is 1.93. The second kappa shape index (κ2) is 8.04. The van der Waals surface area contributed by atoms with E-state index in [9.17, 15) is 10.2 Å². The molecule has 4 rings (SSSR count). The summed E-state index contributed by atoms with van der Waals surface area (Å²) in [5.41, 5.74) is 1.32. The molecule has 1 aliphatic heterocycles. The SMILES string of the molecule is COc1ccc(C2(O)c3ccc(O)c(C)c3OCC2c2ccc(OC)c(OC)c2)cc1. The Labute approximate surface area is 181 Å². The Bertz CT molecular complexity index is 1090. The van der Waals surface area contributed by atoms with E-state index in [0.717, 1.165) is 5.56 Å². The summed E-state index contributed by atoms with van der Waals surface area (Å²) < 4.78 is 22.2. The van der Waals surface area contributed by atoms with Gasteiger partial charge >= 0.3 is 0 Å². The Morgan fingerprint density at radius 2 is 1.61 bits per heavy atom. The van der Waals surface area contributed by atoms with Gasteiger partial charge in [-0.05, 0) is 54.4 Å². The Kier molecular flexibility index (Phi) is 5.41. The van der Waals surface area contributed by atoms with Crippen molar-refractivity contribution in [3.05, 3.63) is 76.9 Å². The summed E-state index contributed by atoms with van der Waals surface area (Å²) in [5, 5.41) is 22.5. The van der Waals surface area contributed by atoms with E-state index in [0.29, 0.717) is 39.7 Å². The molecule has 2 unspecified atom stereocenters. The van der Waals surface area contributed by atoms with Crippen LogP contribution in [-0.4, -0.2) is 38.1 Å². The Hall–Kier alpha value is -3.38. The molecule has 0 saturated heterocycles. The molecule has 3 aromatic rings. The minimum atomic E-state index is -1.40. The molecular weight excluding hydrogens is 396 g/mol. The summed E-state index contributed by atoms with van der Waals surface area (Å²) >= 11 is 0. The quantitative estimate of drug-likeness (QED) is 0.644. The van der Waals surface area contributed by atoms with Gasteiger partial charge in [-0.15, -0.1) is 0 Å². The summed E-state index contributed by atoms with van der Waals surface area (Å²) in [6.07, 6.45) is 0. The van der Waals surface area contributed by atoms with E-state index < -0.39 is 11.5 Å². The van der Waals surface area contributed by atoms with Gasteiger partial charge in [-0.1, -0.05) is 18.2 Å². The first-order valence-corrected chi connectivity index (χ1v) is 9.98. The van der Waals surface area contributed by atoms with Crippen molar-refractivity contribution in [3.63, 3.8) is 0 Å². The number of benzene rings is 3. The number of methoxy groups -OCH3 is 3. The minimum absolute atomic E-state index is 0.125. The van der Waals surface area contributed by atoms with Gasteiger partial charge in [0.05, 0.1) is 33.9 Å². The number of phenols is 1. The van der Waals surface area contributed by atoms with E-state index in [1.165, 1.54) is 0 Å². The lowest BCUT2D eigenvalue weighted by molar-refractivity contribution is 0.0101. The van der Waals surface area contributed by atoms with Crippen LogP contribution < -0.4 is 18.9 Å². The summed E-state index contributed by atoms with van der Waals surface area (Å²) in [4.78, 5) is 0. The van der Waals surface area contributed by atoms with Crippen molar-refractivity contribution in [1.82, 2.24) is 0 Å². The summed E-state index contributed by atoms with van der Waals surface area (Å²) in [7, 11) is 4.77. The standard InChI is InChI=1S/C25H26O6/c1-15-21(26)11-10-19-24(15)31-14-20(16-5-12-22(29-3)23(13-16)30-4)25(19,27)17-6-8-18(28-2)9-7-17/h5-13,20,26-27H,14H2,1-4H3. The maximum Gasteiger partial charge on any atom is 0.161 e. The number of fused-ring (bicyclic) bond motifs is 1. The molecule has 2 N–H and O–H groups in total. The van der Waals surface area contributed by atoms with Crippen LogP contribution in [0.4, 0.5) is 0 Å². The van der Waals surface area contributed by atoms with Crippen LogP contribution in [0.3, 0.4) is 0 Å². The molecule has 0 aromatic heterocycles. The van der Waals surface area contributed by atoms with Crippen LogP contribution in [0.15, 0.2) is 54.6 Å². The number of rotatable bonds is 5. The van der Waals surface area contributed by atoms with Gasteiger partial charge in [-0.25, -0.2) is 0 Å². The molecular formula is C25H26O6. The number of aliphatic hydroxyl groups is 1. The summed E-state index contributed by atoms with van der Waals surface area (Å²) in [6, 6.07) is 16.2. The van der Waals surface area contributed by atoms with Crippen LogP contribution in [-0.2, 0) is 5.60 Å². The highest BCUT2D eigenvalue weighted by molar-refractivity contribution is 5.58. The lowest BCUT2D eigenvalue weighted by Gasteiger charge is -2.42. The van der Waals surface area contributed by atoms with E-state index in [1.807, 2.05) is 42.5 Å². The maximum absolute atomic E-state index is 12.3. The molecule has 2 atom stereocenters. The van der Waals surface area contributed by atoms with Gasteiger partial charge in [0.15, 0.2) is 11.5 Å². The highest BCUT2D eigenvalue weighted by atomic mass is 16.5. The summed E-state index contributed by atoms with van der Waals surface area (Å²) in [5.74, 6) is 2.07. The molecule has 0 spiro atoms. The smallest absolute Gasteiger partial charge is 0.161 e. The van der Waals surface area contributed by atoms with Gasteiger partial charge in [-0.3, -0.25) is 0 Å². The molecule has 6 nitrogen and oxygen atoms in total. The van der Waals surface area contributed by atoms with E-state index >= 15 is 0 Å². The van der Waals surface area contributed by atoms with E-state index in [-0.39, 0.29) is 12.4 Å². The third-order valence-electron chi connectivity index (χ3n) is 6.03. The molecule has 6 heteroatoms. The zero-order valence-electron chi connectivity index (χ0n) is 18.0. The number of hydrogen-bond acceptors (Lipinski definition) is 6. The fraction of sp³-hybridized carbons (Fsp3) is 0.280. The molecule has 31 heavy (non-hydrogen) atoms. The van der Waals surface area contributed by atoms with Crippen molar-refractivity contribution in [2.45, 2.75) is 18.4 Å². The molecule has 162 valence electrons. The summed E-state index contributed by atoms with van der Waals surface area (Å²) in [6.45, 7) is 1.99. The van der Waals surface area contributed by atoms with Crippen molar-refractivity contribution in [2.75, 3.05) is 27.9 Å². The third kappa shape index (κ3) is 3.33. The predicted molar refractivity (Wildman–Crippen MR) is 117 cm³/mol. The molecule has 1 aliphatic rings. The minimum Gasteiger partial charge on any atom is -0.508 e. The van der Waals surface area contributed by atoms with E-state index in [1.54, 1.807) is 40.4 Å². The van der Waals surface area contributed by atoms with Crippen LogP contribution in [0, 0.1) is 6.92 Å².